The highest BCUT2D eigenvalue weighted by Crippen LogP contribution is 2.24. The number of benzene rings is 1. The lowest BCUT2D eigenvalue weighted by molar-refractivity contribution is 0.691. The molecule has 1 aromatic carbocycles. The Hall–Kier alpha value is -1.39. The fourth-order valence-electron chi connectivity index (χ4n) is 1.85. The van der Waals surface area contributed by atoms with Crippen LogP contribution in [-0.2, 0) is 13.5 Å². The van der Waals surface area contributed by atoms with Gasteiger partial charge in [-0.25, -0.2) is 0 Å². The number of nitrogens with two attached hydrogens (primary N) is 1. The van der Waals surface area contributed by atoms with Crippen molar-refractivity contribution in [3.8, 4) is 0 Å². The molecule has 0 aliphatic heterocycles. The van der Waals surface area contributed by atoms with Crippen LogP contribution >= 0.6 is 11.6 Å². The lowest BCUT2D eigenvalue weighted by Crippen LogP contribution is -2.15. The van der Waals surface area contributed by atoms with E-state index in [1.807, 2.05) is 38.4 Å². The van der Waals surface area contributed by atoms with Crippen molar-refractivity contribution in [3.05, 3.63) is 46.2 Å². The van der Waals surface area contributed by atoms with Crippen molar-refractivity contribution in [2.45, 2.75) is 19.4 Å². The van der Waals surface area contributed by atoms with Gasteiger partial charge in [0, 0.05) is 30.7 Å². The molecule has 1 atom stereocenters. The second kappa shape index (κ2) is 4.85. The molecular formula is C12H15ClN4. The van der Waals surface area contributed by atoms with E-state index in [1.165, 1.54) is 0 Å². The fourth-order valence-corrected chi connectivity index (χ4v) is 2.03. The summed E-state index contributed by atoms with van der Waals surface area (Å²) in [7, 11) is 1.84. The van der Waals surface area contributed by atoms with Crippen LogP contribution in [0.1, 0.15) is 22.9 Å². The predicted molar refractivity (Wildman–Crippen MR) is 67.8 cm³/mol. The SMILES string of the molecule is Cc1c(Cl)cccc1C(N)Cc1cn(C)nn1. The molecule has 0 aliphatic carbocycles. The molecule has 2 rings (SSSR count). The van der Waals surface area contributed by atoms with Crippen molar-refractivity contribution in [2.75, 3.05) is 0 Å². The topological polar surface area (TPSA) is 56.7 Å². The summed E-state index contributed by atoms with van der Waals surface area (Å²) < 4.78 is 1.67. The first-order valence-electron chi connectivity index (χ1n) is 5.43. The van der Waals surface area contributed by atoms with Crippen LogP contribution in [0, 0.1) is 6.92 Å². The summed E-state index contributed by atoms with van der Waals surface area (Å²) in [5.74, 6) is 0. The first-order valence-corrected chi connectivity index (χ1v) is 5.81. The Kier molecular flexibility index (Phi) is 3.45. The zero-order valence-electron chi connectivity index (χ0n) is 9.89. The average Bonchev–Trinajstić information content (AvgIpc) is 2.68. The number of hydrogen-bond acceptors (Lipinski definition) is 3. The molecular weight excluding hydrogens is 236 g/mol. The number of aryl methyl sites for hydroxylation is 1. The summed E-state index contributed by atoms with van der Waals surface area (Å²) in [5, 5.41) is 8.67. The highest BCUT2D eigenvalue weighted by atomic mass is 35.5. The summed E-state index contributed by atoms with van der Waals surface area (Å²) in [4.78, 5) is 0. The van der Waals surface area contributed by atoms with Crippen LogP contribution in [-0.4, -0.2) is 15.0 Å². The molecule has 5 heteroatoms. The van der Waals surface area contributed by atoms with Crippen LogP contribution in [0.5, 0.6) is 0 Å². The summed E-state index contributed by atoms with van der Waals surface area (Å²) >= 11 is 6.08. The van der Waals surface area contributed by atoms with Gasteiger partial charge in [-0.15, -0.1) is 5.10 Å². The third kappa shape index (κ3) is 2.65. The van der Waals surface area contributed by atoms with Crippen LogP contribution in [0.25, 0.3) is 0 Å². The van der Waals surface area contributed by atoms with Gasteiger partial charge in [0.25, 0.3) is 0 Å². The zero-order chi connectivity index (χ0) is 12.4. The van der Waals surface area contributed by atoms with Crippen molar-refractivity contribution in [1.29, 1.82) is 0 Å². The molecule has 90 valence electrons. The largest absolute Gasteiger partial charge is 0.324 e. The third-order valence-electron chi connectivity index (χ3n) is 2.79. The average molecular weight is 251 g/mol. The van der Waals surface area contributed by atoms with Gasteiger partial charge < -0.3 is 5.73 Å². The normalized spacial score (nSPS) is 12.7. The van der Waals surface area contributed by atoms with Crippen LogP contribution in [0.4, 0.5) is 0 Å². The number of rotatable bonds is 3. The van der Waals surface area contributed by atoms with Crippen LogP contribution in [0.2, 0.25) is 5.02 Å². The second-order valence-corrected chi connectivity index (χ2v) is 4.56. The fraction of sp³-hybridized carbons (Fsp3) is 0.333. The minimum absolute atomic E-state index is 0.106. The third-order valence-corrected chi connectivity index (χ3v) is 3.20. The van der Waals surface area contributed by atoms with Crippen LogP contribution < -0.4 is 5.73 Å². The van der Waals surface area contributed by atoms with Gasteiger partial charge in [-0.2, -0.15) is 0 Å². The number of aromatic nitrogens is 3. The van der Waals surface area contributed by atoms with Crippen LogP contribution in [0.15, 0.2) is 24.4 Å². The molecule has 2 N–H and O–H groups in total. The maximum absolute atomic E-state index is 6.17. The molecule has 0 saturated heterocycles. The number of nitrogens with zero attached hydrogens (tertiary/aromatic N) is 3. The van der Waals surface area contributed by atoms with E-state index >= 15 is 0 Å². The predicted octanol–water partition coefficient (Wildman–Crippen LogP) is 2.02. The molecule has 0 amide bonds. The zero-order valence-corrected chi connectivity index (χ0v) is 10.6. The molecule has 0 spiro atoms. The lowest BCUT2D eigenvalue weighted by Gasteiger charge is -2.14. The first kappa shape index (κ1) is 12.1. The van der Waals surface area contributed by atoms with Crippen molar-refractivity contribution < 1.29 is 0 Å². The molecule has 1 heterocycles. The van der Waals surface area contributed by atoms with Gasteiger partial charge in [-0.05, 0) is 24.1 Å². The molecule has 1 aromatic heterocycles. The molecule has 0 aliphatic rings. The van der Waals surface area contributed by atoms with Crippen molar-refractivity contribution >= 4 is 11.6 Å². The van der Waals surface area contributed by atoms with E-state index in [0.717, 1.165) is 21.8 Å². The minimum Gasteiger partial charge on any atom is -0.324 e. The first-order chi connectivity index (χ1) is 8.08. The molecule has 17 heavy (non-hydrogen) atoms. The second-order valence-electron chi connectivity index (χ2n) is 4.15. The summed E-state index contributed by atoms with van der Waals surface area (Å²) in [5.41, 5.74) is 9.15. The summed E-state index contributed by atoms with van der Waals surface area (Å²) in [6.45, 7) is 1.98. The maximum atomic E-state index is 6.17. The Labute approximate surface area is 105 Å². The molecule has 0 saturated carbocycles. The Morgan fingerprint density at radius 1 is 1.47 bits per heavy atom. The minimum atomic E-state index is -0.106. The number of halogens is 1. The van der Waals surface area contributed by atoms with E-state index in [1.54, 1.807) is 4.68 Å². The highest BCUT2D eigenvalue weighted by Gasteiger charge is 2.13. The van der Waals surface area contributed by atoms with Gasteiger partial charge >= 0.3 is 0 Å². The monoisotopic (exact) mass is 250 g/mol. The van der Waals surface area contributed by atoms with Gasteiger partial charge in [0.15, 0.2) is 0 Å². The van der Waals surface area contributed by atoms with E-state index in [-0.39, 0.29) is 6.04 Å². The quantitative estimate of drug-likeness (QED) is 0.907. The van der Waals surface area contributed by atoms with E-state index in [9.17, 15) is 0 Å². The van der Waals surface area contributed by atoms with E-state index in [4.69, 9.17) is 17.3 Å². The molecule has 0 radical (unpaired) electrons. The van der Waals surface area contributed by atoms with E-state index < -0.39 is 0 Å². The Morgan fingerprint density at radius 3 is 2.88 bits per heavy atom. The maximum Gasteiger partial charge on any atom is 0.0845 e. The van der Waals surface area contributed by atoms with E-state index in [0.29, 0.717) is 6.42 Å². The molecule has 2 aromatic rings. The Bertz CT molecular complexity index is 521. The van der Waals surface area contributed by atoms with Gasteiger partial charge in [-0.3, -0.25) is 4.68 Å². The van der Waals surface area contributed by atoms with Gasteiger partial charge in [-0.1, -0.05) is 28.9 Å². The standard InChI is InChI=1S/C12H15ClN4/c1-8-10(4-3-5-11(8)13)12(14)6-9-7-17(2)16-15-9/h3-5,7,12H,6,14H2,1-2H3. The number of hydrogen-bond donors (Lipinski definition) is 1. The Morgan fingerprint density at radius 2 is 2.24 bits per heavy atom. The van der Waals surface area contributed by atoms with Crippen molar-refractivity contribution in [3.63, 3.8) is 0 Å². The summed E-state index contributed by atoms with van der Waals surface area (Å²) in [6.07, 6.45) is 2.54. The lowest BCUT2D eigenvalue weighted by atomic mass is 9.98. The van der Waals surface area contributed by atoms with E-state index in [2.05, 4.69) is 10.3 Å². The summed E-state index contributed by atoms with van der Waals surface area (Å²) in [6, 6.07) is 5.68. The molecule has 0 bridgehead atoms. The van der Waals surface area contributed by atoms with Crippen LogP contribution in [0.3, 0.4) is 0 Å². The van der Waals surface area contributed by atoms with Gasteiger partial charge in [0.05, 0.1) is 5.69 Å². The smallest absolute Gasteiger partial charge is 0.0845 e. The molecule has 4 nitrogen and oxygen atoms in total. The molecule has 1 unspecified atom stereocenters. The molecule has 0 fully saturated rings. The van der Waals surface area contributed by atoms with Crippen molar-refractivity contribution in [1.82, 2.24) is 15.0 Å². The highest BCUT2D eigenvalue weighted by molar-refractivity contribution is 6.31. The van der Waals surface area contributed by atoms with Crippen molar-refractivity contribution in [2.24, 2.45) is 12.8 Å². The van der Waals surface area contributed by atoms with Gasteiger partial charge in [0.1, 0.15) is 0 Å². The van der Waals surface area contributed by atoms with Gasteiger partial charge in [0.2, 0.25) is 0 Å². The Balaban J connectivity index is 2.20.